The van der Waals surface area contributed by atoms with Crippen LogP contribution in [0.3, 0.4) is 0 Å². The van der Waals surface area contributed by atoms with Crippen LogP contribution in [0.15, 0.2) is 24.3 Å². The maximum atomic E-state index is 5.75. The fraction of sp³-hybridized carbons (Fsp3) is 0.357. The molecule has 0 spiro atoms. The fourth-order valence-corrected chi connectivity index (χ4v) is 3.13. The quantitative estimate of drug-likeness (QED) is 0.651. The van der Waals surface area contributed by atoms with Crippen LogP contribution in [0.25, 0.3) is 0 Å². The molecule has 0 amide bonds. The van der Waals surface area contributed by atoms with Crippen molar-refractivity contribution in [2.24, 2.45) is 5.84 Å². The second-order valence-corrected chi connectivity index (χ2v) is 5.49. The highest BCUT2D eigenvalue weighted by atomic mass is 32.1. The van der Waals surface area contributed by atoms with E-state index in [1.54, 1.807) is 11.3 Å². The van der Waals surface area contributed by atoms with Crippen LogP contribution in [0.4, 0.5) is 0 Å². The van der Waals surface area contributed by atoms with Crippen LogP contribution in [-0.4, -0.2) is 11.6 Å². The SMILES string of the molecule is CCOc1ccccc1C(NN)c1sc(C)nc1C. The molecule has 1 heterocycles. The second-order valence-electron chi connectivity index (χ2n) is 4.25. The third-order valence-corrected chi connectivity index (χ3v) is 4.04. The predicted molar refractivity (Wildman–Crippen MR) is 78.4 cm³/mol. The van der Waals surface area contributed by atoms with Gasteiger partial charge in [-0.25, -0.2) is 10.4 Å². The highest BCUT2D eigenvalue weighted by molar-refractivity contribution is 7.11. The first-order valence-electron chi connectivity index (χ1n) is 6.29. The van der Waals surface area contributed by atoms with E-state index in [4.69, 9.17) is 10.6 Å². The number of ether oxygens (including phenoxy) is 1. The van der Waals surface area contributed by atoms with Crippen molar-refractivity contribution >= 4 is 11.3 Å². The zero-order chi connectivity index (χ0) is 13.8. The van der Waals surface area contributed by atoms with E-state index >= 15 is 0 Å². The molecule has 0 bridgehead atoms. The maximum absolute atomic E-state index is 5.75. The van der Waals surface area contributed by atoms with E-state index in [1.807, 2.05) is 45.0 Å². The number of hydrogen-bond donors (Lipinski definition) is 2. The van der Waals surface area contributed by atoms with Gasteiger partial charge in [-0.3, -0.25) is 5.84 Å². The summed E-state index contributed by atoms with van der Waals surface area (Å²) in [5, 5.41) is 1.04. The largest absolute Gasteiger partial charge is 0.494 e. The number of aryl methyl sites for hydroxylation is 2. The summed E-state index contributed by atoms with van der Waals surface area (Å²) >= 11 is 1.66. The van der Waals surface area contributed by atoms with Gasteiger partial charge in [0.2, 0.25) is 0 Å². The van der Waals surface area contributed by atoms with Crippen LogP contribution in [0.1, 0.15) is 34.1 Å². The van der Waals surface area contributed by atoms with E-state index in [0.717, 1.165) is 26.9 Å². The lowest BCUT2D eigenvalue weighted by atomic mass is 10.0. The molecule has 5 heteroatoms. The topological polar surface area (TPSA) is 60.2 Å². The molecule has 102 valence electrons. The maximum Gasteiger partial charge on any atom is 0.124 e. The lowest BCUT2D eigenvalue weighted by Gasteiger charge is -2.19. The van der Waals surface area contributed by atoms with Gasteiger partial charge < -0.3 is 4.74 Å². The van der Waals surface area contributed by atoms with E-state index < -0.39 is 0 Å². The lowest BCUT2D eigenvalue weighted by Crippen LogP contribution is -2.29. The number of nitrogens with one attached hydrogen (secondary N) is 1. The second kappa shape index (κ2) is 6.14. The zero-order valence-corrected chi connectivity index (χ0v) is 12.3. The Balaban J connectivity index is 2.45. The van der Waals surface area contributed by atoms with Gasteiger partial charge in [0.05, 0.1) is 28.2 Å². The zero-order valence-electron chi connectivity index (χ0n) is 11.4. The highest BCUT2D eigenvalue weighted by Gasteiger charge is 2.21. The van der Waals surface area contributed by atoms with Gasteiger partial charge >= 0.3 is 0 Å². The minimum absolute atomic E-state index is 0.0889. The van der Waals surface area contributed by atoms with Crippen LogP contribution in [0.2, 0.25) is 0 Å². The number of para-hydroxylation sites is 1. The van der Waals surface area contributed by atoms with Crippen LogP contribution < -0.4 is 16.0 Å². The van der Waals surface area contributed by atoms with E-state index in [9.17, 15) is 0 Å². The first-order valence-corrected chi connectivity index (χ1v) is 7.10. The van der Waals surface area contributed by atoms with Crippen LogP contribution in [-0.2, 0) is 0 Å². The monoisotopic (exact) mass is 277 g/mol. The molecule has 2 rings (SSSR count). The molecule has 0 saturated carbocycles. The normalized spacial score (nSPS) is 12.4. The van der Waals surface area contributed by atoms with Crippen molar-refractivity contribution < 1.29 is 4.74 Å². The molecule has 1 unspecified atom stereocenters. The molecule has 3 N–H and O–H groups in total. The Kier molecular flexibility index (Phi) is 4.52. The van der Waals surface area contributed by atoms with Gasteiger partial charge in [0.15, 0.2) is 0 Å². The summed E-state index contributed by atoms with van der Waals surface area (Å²) < 4.78 is 5.68. The van der Waals surface area contributed by atoms with Crippen LogP contribution in [0.5, 0.6) is 5.75 Å². The molecule has 0 saturated heterocycles. The Labute approximate surface area is 117 Å². The van der Waals surface area contributed by atoms with Crippen molar-refractivity contribution in [3.63, 3.8) is 0 Å². The van der Waals surface area contributed by atoms with E-state index in [-0.39, 0.29) is 6.04 Å². The van der Waals surface area contributed by atoms with Gasteiger partial charge in [-0.2, -0.15) is 0 Å². The summed E-state index contributed by atoms with van der Waals surface area (Å²) in [5.41, 5.74) is 4.93. The molecule has 1 aromatic carbocycles. The predicted octanol–water partition coefficient (Wildman–Crippen LogP) is 2.71. The van der Waals surface area contributed by atoms with Gasteiger partial charge in [0.25, 0.3) is 0 Å². The number of nitrogens with zero attached hydrogens (tertiary/aromatic N) is 1. The molecule has 0 aliphatic carbocycles. The summed E-state index contributed by atoms with van der Waals surface area (Å²) in [5.74, 6) is 6.61. The molecular weight excluding hydrogens is 258 g/mol. The van der Waals surface area contributed by atoms with Gasteiger partial charge in [0.1, 0.15) is 5.75 Å². The number of rotatable bonds is 5. The molecule has 19 heavy (non-hydrogen) atoms. The van der Waals surface area contributed by atoms with E-state index in [1.165, 1.54) is 0 Å². The van der Waals surface area contributed by atoms with E-state index in [2.05, 4.69) is 10.4 Å². The van der Waals surface area contributed by atoms with Crippen molar-refractivity contribution in [1.82, 2.24) is 10.4 Å². The van der Waals surface area contributed by atoms with Gasteiger partial charge in [0, 0.05) is 5.56 Å². The minimum Gasteiger partial charge on any atom is -0.494 e. The number of aromatic nitrogens is 1. The Bertz CT molecular complexity index is 553. The Morgan fingerprint density at radius 3 is 2.68 bits per heavy atom. The number of thiazole rings is 1. The van der Waals surface area contributed by atoms with Crippen molar-refractivity contribution in [3.05, 3.63) is 45.4 Å². The van der Waals surface area contributed by atoms with Crippen molar-refractivity contribution in [2.45, 2.75) is 26.8 Å². The third-order valence-electron chi connectivity index (χ3n) is 2.90. The summed E-state index contributed by atoms with van der Waals surface area (Å²) in [6.45, 7) is 6.62. The van der Waals surface area contributed by atoms with Crippen LogP contribution >= 0.6 is 11.3 Å². The van der Waals surface area contributed by atoms with Gasteiger partial charge in [-0.1, -0.05) is 18.2 Å². The number of hydrazine groups is 1. The summed E-state index contributed by atoms with van der Waals surface area (Å²) in [4.78, 5) is 5.59. The minimum atomic E-state index is -0.0889. The first kappa shape index (κ1) is 14.0. The molecule has 4 nitrogen and oxygen atoms in total. The van der Waals surface area contributed by atoms with Crippen molar-refractivity contribution in [2.75, 3.05) is 6.61 Å². The highest BCUT2D eigenvalue weighted by Crippen LogP contribution is 2.34. The molecule has 1 atom stereocenters. The van der Waals surface area contributed by atoms with Crippen molar-refractivity contribution in [3.8, 4) is 5.75 Å². The Morgan fingerprint density at radius 2 is 2.11 bits per heavy atom. The van der Waals surface area contributed by atoms with Gasteiger partial charge in [-0.15, -0.1) is 11.3 Å². The van der Waals surface area contributed by atoms with Gasteiger partial charge in [-0.05, 0) is 26.8 Å². The standard InChI is InChI=1S/C14H19N3OS/c1-4-18-12-8-6-5-7-11(12)13(17-15)14-9(2)16-10(3)19-14/h5-8,13,17H,4,15H2,1-3H3. The Morgan fingerprint density at radius 1 is 1.37 bits per heavy atom. The molecule has 2 aromatic rings. The lowest BCUT2D eigenvalue weighted by molar-refractivity contribution is 0.333. The number of benzene rings is 1. The summed E-state index contributed by atoms with van der Waals surface area (Å²) in [7, 11) is 0. The molecular formula is C14H19N3OS. The summed E-state index contributed by atoms with van der Waals surface area (Å²) in [6, 6.07) is 7.86. The first-order chi connectivity index (χ1) is 9.17. The number of nitrogens with two attached hydrogens (primary N) is 1. The Hall–Kier alpha value is -1.43. The molecule has 0 aliphatic heterocycles. The van der Waals surface area contributed by atoms with E-state index in [0.29, 0.717) is 6.61 Å². The fourth-order valence-electron chi connectivity index (χ4n) is 2.13. The smallest absolute Gasteiger partial charge is 0.124 e. The average molecular weight is 277 g/mol. The summed E-state index contributed by atoms with van der Waals surface area (Å²) in [6.07, 6.45) is 0. The molecule has 0 aliphatic rings. The van der Waals surface area contributed by atoms with Crippen LogP contribution in [0, 0.1) is 13.8 Å². The average Bonchev–Trinajstić information content (AvgIpc) is 2.72. The molecule has 1 aromatic heterocycles. The number of hydrogen-bond acceptors (Lipinski definition) is 5. The third kappa shape index (κ3) is 2.94. The molecule has 0 fully saturated rings. The van der Waals surface area contributed by atoms with Crippen molar-refractivity contribution in [1.29, 1.82) is 0 Å². The molecule has 0 radical (unpaired) electrons.